The number of hydrogen-bond donors (Lipinski definition) is 1. The van der Waals surface area contributed by atoms with Gasteiger partial charge in [0.15, 0.2) is 0 Å². The first-order valence-electron chi connectivity index (χ1n) is 1.67. The third kappa shape index (κ3) is 1.24. The Kier molecular flexibility index (Phi) is 1.16. The Bertz CT molecular complexity index is 180. The number of nitrogens with zero attached hydrogens (tertiary/aromatic N) is 1. The molecule has 7 heavy (non-hydrogen) atoms. The molecule has 0 bridgehead atoms. The fraction of sp³-hybridized carbons (Fsp3) is 0.500. The topological polar surface area (TPSA) is 46.5 Å². The molecule has 1 aliphatic heterocycles. The molecular weight excluding hydrogens is 134 g/mol. The van der Waals surface area contributed by atoms with E-state index >= 15 is 0 Å². The molecule has 0 aromatic rings. The second kappa shape index (κ2) is 1.56. The first-order valence-corrected chi connectivity index (χ1v) is 4.78. The molecule has 1 aliphatic rings. The van der Waals surface area contributed by atoms with Gasteiger partial charge in [-0.15, -0.1) is 0 Å². The van der Waals surface area contributed by atoms with Crippen molar-refractivity contribution in [3.05, 3.63) is 6.54 Å². The summed E-state index contributed by atoms with van der Waals surface area (Å²) in [4.78, 5) is 0. The van der Waals surface area contributed by atoms with Crippen molar-refractivity contribution in [2.75, 3.05) is 5.75 Å². The molecule has 0 aromatic carbocycles. The van der Waals surface area contributed by atoms with Crippen LogP contribution < -0.4 is 0 Å². The minimum absolute atomic E-state index is 0.120. The van der Waals surface area contributed by atoms with Crippen molar-refractivity contribution in [3.63, 3.8) is 0 Å². The van der Waals surface area contributed by atoms with E-state index in [2.05, 4.69) is 4.36 Å². The fourth-order valence-electron chi connectivity index (χ4n) is 0.266. The Morgan fingerprint density at radius 2 is 2.43 bits per heavy atom. The second-order valence-electron chi connectivity index (χ2n) is 1.13. The largest absolute Gasteiger partial charge is 0.246 e. The van der Waals surface area contributed by atoms with Crippen molar-refractivity contribution in [2.24, 2.45) is 4.36 Å². The summed E-state index contributed by atoms with van der Waals surface area (Å²) >= 11 is 0. The van der Waals surface area contributed by atoms with E-state index in [0.717, 1.165) is 0 Å². The summed E-state index contributed by atoms with van der Waals surface area (Å²) in [6.07, 6.45) is 0. The summed E-state index contributed by atoms with van der Waals surface area (Å²) in [5.41, 5.74) is 0. The molecule has 0 saturated carbocycles. The normalized spacial score (nSPS) is 26.9. The summed E-state index contributed by atoms with van der Waals surface area (Å²) in [5.74, 6) is 0.120. The molecule has 0 fully saturated rings. The molecule has 1 radical (unpaired) electrons. The van der Waals surface area contributed by atoms with Gasteiger partial charge in [0, 0.05) is 10.6 Å². The van der Waals surface area contributed by atoms with Gasteiger partial charge in [-0.3, -0.25) is 0 Å². The highest BCUT2D eigenvalue weighted by Crippen LogP contribution is 2.01. The van der Waals surface area contributed by atoms with Crippen LogP contribution in [0.3, 0.4) is 0 Å². The van der Waals surface area contributed by atoms with E-state index in [-0.39, 0.29) is 16.3 Å². The van der Waals surface area contributed by atoms with Crippen molar-refractivity contribution in [1.29, 1.82) is 0 Å². The molecule has 0 atom stereocenters. The van der Waals surface area contributed by atoms with Crippen LogP contribution in [0.1, 0.15) is 0 Å². The summed E-state index contributed by atoms with van der Waals surface area (Å²) < 4.78 is 24.1. The predicted octanol–water partition coefficient (Wildman–Crippen LogP) is -0.510. The van der Waals surface area contributed by atoms with E-state index in [4.69, 9.17) is 0 Å². The Morgan fingerprint density at radius 3 is 2.57 bits per heavy atom. The lowest BCUT2D eigenvalue weighted by molar-refractivity contribution is 0.613. The average molecular weight is 138 g/mol. The van der Waals surface area contributed by atoms with Crippen LogP contribution in [0.25, 0.3) is 0 Å². The van der Waals surface area contributed by atoms with Crippen LogP contribution in [0, 0.1) is 6.54 Å². The van der Waals surface area contributed by atoms with Crippen molar-refractivity contribution < 1.29 is 8.42 Å². The van der Waals surface area contributed by atoms with Crippen LogP contribution in [-0.2, 0) is 19.5 Å². The quantitative estimate of drug-likeness (QED) is 0.362. The highest BCUT2D eigenvalue weighted by molar-refractivity contribution is 8.57. The lowest BCUT2D eigenvalue weighted by atomic mass is 10.8. The zero-order valence-corrected chi connectivity index (χ0v) is 5.11. The molecule has 0 unspecified atom stereocenters. The smallest absolute Gasteiger partial charge is 0.210 e. The van der Waals surface area contributed by atoms with Gasteiger partial charge in [0.05, 0.1) is 12.3 Å². The SMILES string of the molecule is O=S1(=O)C[CH]N=[SH]1. The van der Waals surface area contributed by atoms with Gasteiger partial charge in [-0.05, 0) is 0 Å². The van der Waals surface area contributed by atoms with E-state index in [1.54, 1.807) is 0 Å². The fourth-order valence-corrected chi connectivity index (χ4v) is 2.03. The molecule has 0 aliphatic carbocycles. The number of thiol groups is 1. The maximum Gasteiger partial charge on any atom is 0.210 e. The second-order valence-corrected chi connectivity index (χ2v) is 5.18. The molecular formula is C2H4NO2S2. The molecule has 0 amide bonds. The molecule has 0 aromatic heterocycles. The number of rotatable bonds is 0. The van der Waals surface area contributed by atoms with Crippen LogP contribution in [0.2, 0.25) is 0 Å². The summed E-state index contributed by atoms with van der Waals surface area (Å²) in [5, 5.41) is 0. The molecule has 3 nitrogen and oxygen atoms in total. The summed E-state index contributed by atoms with van der Waals surface area (Å²) in [6, 6.07) is 0. The van der Waals surface area contributed by atoms with Gasteiger partial charge in [-0.2, -0.15) is 0 Å². The van der Waals surface area contributed by atoms with Crippen molar-refractivity contribution in [2.45, 2.75) is 0 Å². The maximum atomic E-state index is 10.3. The zero-order chi connectivity index (χ0) is 5.33. The van der Waals surface area contributed by atoms with Crippen LogP contribution in [0.4, 0.5) is 0 Å². The van der Waals surface area contributed by atoms with E-state index in [1.807, 2.05) is 0 Å². The lowest BCUT2D eigenvalue weighted by Crippen LogP contribution is -1.94. The van der Waals surface area contributed by atoms with Gasteiger partial charge in [-0.25, -0.2) is 12.8 Å². The standard InChI is InChI=1S/C2H4NO2S2/c4-7(5)2-1-3-6-7/h1,6H,2H2. The summed E-state index contributed by atoms with van der Waals surface area (Å²) in [7, 11) is -2.59. The van der Waals surface area contributed by atoms with Crippen LogP contribution in [-0.4, -0.2) is 14.2 Å². The molecule has 0 N–H and O–H groups in total. The first-order chi connectivity index (χ1) is 3.21. The van der Waals surface area contributed by atoms with Gasteiger partial charge in [0.1, 0.15) is 0 Å². The molecule has 0 saturated heterocycles. The lowest BCUT2D eigenvalue weighted by Gasteiger charge is -1.76. The molecule has 0 spiro atoms. The van der Waals surface area contributed by atoms with E-state index in [1.165, 1.54) is 6.54 Å². The highest BCUT2D eigenvalue weighted by Gasteiger charge is 2.10. The predicted molar refractivity (Wildman–Crippen MR) is 29.3 cm³/mol. The Labute approximate surface area is 45.2 Å². The van der Waals surface area contributed by atoms with Gasteiger partial charge in [0.2, 0.25) is 8.87 Å². The van der Waals surface area contributed by atoms with Crippen LogP contribution in [0.15, 0.2) is 4.36 Å². The minimum atomic E-state index is -2.80. The number of hydrogen-bond acceptors (Lipinski definition) is 3. The van der Waals surface area contributed by atoms with Crippen molar-refractivity contribution in [3.8, 4) is 0 Å². The zero-order valence-electron chi connectivity index (χ0n) is 3.40. The summed E-state index contributed by atoms with van der Waals surface area (Å²) in [6.45, 7) is 1.41. The third-order valence-corrected chi connectivity index (χ3v) is 3.09. The van der Waals surface area contributed by atoms with Crippen molar-refractivity contribution in [1.82, 2.24) is 0 Å². The van der Waals surface area contributed by atoms with Crippen LogP contribution in [0.5, 0.6) is 0 Å². The Balaban J connectivity index is 2.99. The van der Waals surface area contributed by atoms with E-state index in [0.29, 0.717) is 0 Å². The highest BCUT2D eigenvalue weighted by atomic mass is 33.1. The minimum Gasteiger partial charge on any atom is -0.246 e. The van der Waals surface area contributed by atoms with Gasteiger partial charge >= 0.3 is 0 Å². The average Bonchev–Trinajstić information content (AvgIpc) is 1.84. The molecule has 1 heterocycles. The Hall–Kier alpha value is 0.1000. The molecule has 5 heteroatoms. The van der Waals surface area contributed by atoms with Gasteiger partial charge < -0.3 is 0 Å². The van der Waals surface area contributed by atoms with Gasteiger partial charge in [0.25, 0.3) is 0 Å². The van der Waals surface area contributed by atoms with Gasteiger partial charge in [-0.1, -0.05) is 0 Å². The van der Waals surface area contributed by atoms with Crippen molar-refractivity contribution >= 4 is 19.5 Å². The maximum absolute atomic E-state index is 10.3. The van der Waals surface area contributed by atoms with Crippen LogP contribution >= 0.6 is 0 Å². The van der Waals surface area contributed by atoms with E-state index < -0.39 is 8.87 Å². The molecule has 41 valence electrons. The van der Waals surface area contributed by atoms with E-state index in [9.17, 15) is 8.42 Å². The third-order valence-electron chi connectivity index (χ3n) is 0.538. The first kappa shape index (κ1) is 5.24. The monoisotopic (exact) mass is 138 g/mol. The molecule has 1 rings (SSSR count). The Morgan fingerprint density at radius 1 is 1.71 bits per heavy atom.